The topological polar surface area (TPSA) is 27.1 Å². The Morgan fingerprint density at radius 1 is 1.12 bits per heavy atom. The van der Waals surface area contributed by atoms with Crippen molar-refractivity contribution >= 4 is 21.5 Å². The molecule has 3 nitrogen and oxygen atoms in total. The van der Waals surface area contributed by atoms with Crippen LogP contribution in [0, 0.1) is 0 Å². The maximum atomic E-state index is 5.77. The molecule has 0 saturated heterocycles. The van der Waals surface area contributed by atoms with Gasteiger partial charge in [0.1, 0.15) is 5.75 Å². The molecule has 0 aliphatic heterocycles. The van der Waals surface area contributed by atoms with Gasteiger partial charge in [-0.3, -0.25) is 0 Å². The third-order valence-corrected chi connectivity index (χ3v) is 5.24. The molecule has 0 spiro atoms. The van der Waals surface area contributed by atoms with Crippen LogP contribution >= 0.6 is 0 Å². The van der Waals surface area contributed by atoms with Crippen LogP contribution in [0.1, 0.15) is 23.6 Å². The molecular weight excluding hydrogens is 296 g/mol. The summed E-state index contributed by atoms with van der Waals surface area (Å²) in [5, 5.41) is 5.03. The number of aromatic nitrogens is 2. The first-order valence-electron chi connectivity index (χ1n) is 8.35. The van der Waals surface area contributed by atoms with E-state index in [1.165, 1.54) is 32.7 Å². The average molecular weight is 314 g/mol. The lowest BCUT2D eigenvalue weighted by Gasteiger charge is -2.18. The minimum Gasteiger partial charge on any atom is -0.496 e. The van der Waals surface area contributed by atoms with E-state index in [9.17, 15) is 0 Å². The Balaban J connectivity index is 1.90. The largest absolute Gasteiger partial charge is 0.496 e. The predicted octanol–water partition coefficient (Wildman–Crippen LogP) is 4.73. The molecule has 4 aromatic rings. The molecule has 3 aromatic carbocycles. The number of hydrogen-bond donors (Lipinski definition) is 0. The van der Waals surface area contributed by atoms with Crippen molar-refractivity contribution in [3.8, 4) is 5.75 Å². The number of methoxy groups -OCH3 is 1. The number of ether oxygens (including phenoxy) is 1. The lowest BCUT2D eigenvalue weighted by Crippen LogP contribution is -2.05. The number of imidazole rings is 1. The van der Waals surface area contributed by atoms with Crippen LogP contribution in [0.5, 0.6) is 5.75 Å². The van der Waals surface area contributed by atoms with Crippen molar-refractivity contribution in [1.82, 2.24) is 9.55 Å². The number of aryl methyl sites for hydroxylation is 1. The van der Waals surface area contributed by atoms with Crippen LogP contribution in [0.2, 0.25) is 0 Å². The highest BCUT2D eigenvalue weighted by molar-refractivity contribution is 6.12. The molecule has 118 valence electrons. The summed E-state index contributed by atoms with van der Waals surface area (Å²) in [5.74, 6) is 0.979. The molecule has 0 fully saturated rings. The third-order valence-electron chi connectivity index (χ3n) is 5.24. The Bertz CT molecular complexity index is 1050. The molecule has 0 N–H and O–H groups in total. The van der Waals surface area contributed by atoms with Gasteiger partial charge in [-0.1, -0.05) is 36.4 Å². The minimum absolute atomic E-state index is 0.358. The fraction of sp³-hybridized carbons (Fsp3) is 0.190. The van der Waals surface area contributed by atoms with Gasteiger partial charge in [0.2, 0.25) is 0 Å². The maximum Gasteiger partial charge on any atom is 0.127 e. The van der Waals surface area contributed by atoms with Gasteiger partial charge in [-0.05, 0) is 46.2 Å². The normalized spacial score (nSPS) is 16.6. The van der Waals surface area contributed by atoms with Gasteiger partial charge in [-0.2, -0.15) is 0 Å². The molecular formula is C21H18N2O. The lowest BCUT2D eigenvalue weighted by atomic mass is 9.94. The fourth-order valence-corrected chi connectivity index (χ4v) is 4.19. The molecule has 5 rings (SSSR count). The maximum absolute atomic E-state index is 5.77. The van der Waals surface area contributed by atoms with E-state index in [2.05, 4.69) is 58.2 Å². The molecule has 0 amide bonds. The SMILES string of the molecule is COc1cc2c(c3ccc4ccccc4c13)C(n1ccnc1)CC2. The summed E-state index contributed by atoms with van der Waals surface area (Å²) in [6, 6.07) is 15.6. The summed E-state index contributed by atoms with van der Waals surface area (Å²) >= 11 is 0. The van der Waals surface area contributed by atoms with Crippen molar-refractivity contribution < 1.29 is 4.74 Å². The molecule has 1 unspecified atom stereocenters. The molecule has 1 aliphatic carbocycles. The first-order chi connectivity index (χ1) is 11.9. The minimum atomic E-state index is 0.358. The summed E-state index contributed by atoms with van der Waals surface area (Å²) < 4.78 is 8.00. The van der Waals surface area contributed by atoms with E-state index in [1.54, 1.807) is 7.11 Å². The van der Waals surface area contributed by atoms with E-state index < -0.39 is 0 Å². The van der Waals surface area contributed by atoms with Crippen LogP contribution in [-0.4, -0.2) is 16.7 Å². The van der Waals surface area contributed by atoms with Gasteiger partial charge in [0.15, 0.2) is 0 Å². The van der Waals surface area contributed by atoms with Crippen molar-refractivity contribution in [2.45, 2.75) is 18.9 Å². The molecule has 0 saturated carbocycles. The van der Waals surface area contributed by atoms with Crippen LogP contribution in [0.4, 0.5) is 0 Å². The summed E-state index contributed by atoms with van der Waals surface area (Å²) in [6.07, 6.45) is 8.05. The van der Waals surface area contributed by atoms with Gasteiger partial charge < -0.3 is 9.30 Å². The highest BCUT2D eigenvalue weighted by Gasteiger charge is 2.27. The van der Waals surface area contributed by atoms with Crippen molar-refractivity contribution in [2.24, 2.45) is 0 Å². The van der Waals surface area contributed by atoms with E-state index >= 15 is 0 Å². The van der Waals surface area contributed by atoms with E-state index in [4.69, 9.17) is 4.74 Å². The second-order valence-electron chi connectivity index (χ2n) is 6.43. The summed E-state index contributed by atoms with van der Waals surface area (Å²) in [6.45, 7) is 0. The Morgan fingerprint density at radius 2 is 2.04 bits per heavy atom. The molecule has 1 aliphatic rings. The average Bonchev–Trinajstić information content (AvgIpc) is 3.29. The molecule has 0 radical (unpaired) electrons. The number of fused-ring (bicyclic) bond motifs is 5. The van der Waals surface area contributed by atoms with Crippen LogP contribution < -0.4 is 4.74 Å². The molecule has 1 aromatic heterocycles. The van der Waals surface area contributed by atoms with Crippen LogP contribution in [0.25, 0.3) is 21.5 Å². The van der Waals surface area contributed by atoms with Crippen molar-refractivity contribution in [2.75, 3.05) is 7.11 Å². The number of rotatable bonds is 2. The molecule has 1 atom stereocenters. The number of nitrogens with zero attached hydrogens (tertiary/aromatic N) is 2. The van der Waals surface area contributed by atoms with Crippen LogP contribution in [0.15, 0.2) is 61.2 Å². The van der Waals surface area contributed by atoms with Gasteiger partial charge in [0, 0.05) is 17.8 Å². The zero-order chi connectivity index (χ0) is 16.1. The van der Waals surface area contributed by atoms with Crippen molar-refractivity contribution in [3.63, 3.8) is 0 Å². The van der Waals surface area contributed by atoms with E-state index in [0.29, 0.717) is 6.04 Å². The Hall–Kier alpha value is -2.81. The van der Waals surface area contributed by atoms with Crippen LogP contribution in [0.3, 0.4) is 0 Å². The highest BCUT2D eigenvalue weighted by atomic mass is 16.5. The smallest absolute Gasteiger partial charge is 0.127 e. The van der Waals surface area contributed by atoms with E-state index in [0.717, 1.165) is 18.6 Å². The van der Waals surface area contributed by atoms with Gasteiger partial charge in [0.05, 0.1) is 19.5 Å². The first-order valence-corrected chi connectivity index (χ1v) is 8.35. The number of hydrogen-bond acceptors (Lipinski definition) is 2. The summed E-state index contributed by atoms with van der Waals surface area (Å²) in [5.41, 5.74) is 2.82. The fourth-order valence-electron chi connectivity index (χ4n) is 4.19. The van der Waals surface area contributed by atoms with Crippen molar-refractivity contribution in [1.29, 1.82) is 0 Å². The highest BCUT2D eigenvalue weighted by Crippen LogP contribution is 2.44. The second kappa shape index (κ2) is 5.10. The summed E-state index contributed by atoms with van der Waals surface area (Å²) in [7, 11) is 1.77. The van der Waals surface area contributed by atoms with E-state index in [-0.39, 0.29) is 0 Å². The molecule has 0 bridgehead atoms. The summed E-state index contributed by atoms with van der Waals surface area (Å²) in [4.78, 5) is 4.24. The quantitative estimate of drug-likeness (QED) is 0.500. The number of benzene rings is 3. The monoisotopic (exact) mass is 314 g/mol. The van der Waals surface area contributed by atoms with Gasteiger partial charge in [0.25, 0.3) is 0 Å². The zero-order valence-corrected chi connectivity index (χ0v) is 13.6. The van der Waals surface area contributed by atoms with Crippen molar-refractivity contribution in [3.05, 3.63) is 72.3 Å². The third kappa shape index (κ3) is 1.81. The Labute approximate surface area is 140 Å². The van der Waals surface area contributed by atoms with E-state index in [1.807, 2.05) is 12.5 Å². The predicted molar refractivity (Wildman–Crippen MR) is 96.7 cm³/mol. The molecule has 1 heterocycles. The molecule has 24 heavy (non-hydrogen) atoms. The lowest BCUT2D eigenvalue weighted by molar-refractivity contribution is 0.419. The first kappa shape index (κ1) is 13.6. The Morgan fingerprint density at radius 3 is 2.88 bits per heavy atom. The second-order valence-corrected chi connectivity index (χ2v) is 6.43. The van der Waals surface area contributed by atoms with Crippen LogP contribution in [-0.2, 0) is 6.42 Å². The van der Waals surface area contributed by atoms with Gasteiger partial charge in [-0.25, -0.2) is 4.98 Å². The standard InChI is InChI=1S/C21H18N2O/c1-24-19-12-15-7-9-18(23-11-10-22-13-23)20(15)17-8-6-14-4-2-3-5-16(14)21(17)19/h2-6,8,10-13,18H,7,9H2,1H3. The zero-order valence-electron chi connectivity index (χ0n) is 13.6. The molecule has 3 heteroatoms. The van der Waals surface area contributed by atoms with Gasteiger partial charge in [-0.15, -0.1) is 0 Å². The van der Waals surface area contributed by atoms with Gasteiger partial charge >= 0.3 is 0 Å². The Kier molecular flexibility index (Phi) is 2.89.